The number of halogens is 4. The van der Waals surface area contributed by atoms with E-state index in [-0.39, 0.29) is 17.1 Å². The van der Waals surface area contributed by atoms with Gasteiger partial charge in [-0.15, -0.1) is 0 Å². The van der Waals surface area contributed by atoms with Crippen molar-refractivity contribution in [3.8, 4) is 11.5 Å². The van der Waals surface area contributed by atoms with Crippen LogP contribution in [0.2, 0.25) is 5.02 Å². The summed E-state index contributed by atoms with van der Waals surface area (Å²) in [6.45, 7) is 0. The molecular weight excluding hydrogens is 309 g/mol. The molecule has 0 spiro atoms. The SMILES string of the molecule is O=C(O)c1cccc(Oc2ccc(C(F)F)c(F)c2Cl)c1. The Morgan fingerprint density at radius 1 is 1.24 bits per heavy atom. The Hall–Kier alpha value is -2.21. The average molecular weight is 317 g/mol. The van der Waals surface area contributed by atoms with Crippen LogP contribution in [0, 0.1) is 5.82 Å². The molecule has 0 aliphatic carbocycles. The lowest BCUT2D eigenvalue weighted by Crippen LogP contribution is -1.97. The Bertz CT molecular complexity index is 689. The fourth-order valence-corrected chi connectivity index (χ4v) is 1.82. The van der Waals surface area contributed by atoms with Gasteiger partial charge in [-0.3, -0.25) is 0 Å². The van der Waals surface area contributed by atoms with E-state index in [0.717, 1.165) is 12.1 Å². The van der Waals surface area contributed by atoms with Gasteiger partial charge >= 0.3 is 5.97 Å². The molecule has 0 saturated carbocycles. The monoisotopic (exact) mass is 316 g/mol. The fourth-order valence-electron chi connectivity index (χ4n) is 1.61. The molecule has 21 heavy (non-hydrogen) atoms. The minimum atomic E-state index is -2.99. The van der Waals surface area contributed by atoms with E-state index >= 15 is 0 Å². The summed E-state index contributed by atoms with van der Waals surface area (Å²) in [7, 11) is 0. The lowest BCUT2D eigenvalue weighted by atomic mass is 10.2. The second-order valence-corrected chi connectivity index (χ2v) is 4.39. The number of alkyl halides is 2. The van der Waals surface area contributed by atoms with Gasteiger partial charge in [-0.2, -0.15) is 0 Å². The van der Waals surface area contributed by atoms with Crippen LogP contribution in [-0.4, -0.2) is 11.1 Å². The fraction of sp³-hybridized carbons (Fsp3) is 0.0714. The van der Waals surface area contributed by atoms with Gasteiger partial charge in [-0.25, -0.2) is 18.0 Å². The van der Waals surface area contributed by atoms with E-state index in [1.54, 1.807) is 0 Å². The van der Waals surface area contributed by atoms with Crippen LogP contribution in [0.15, 0.2) is 36.4 Å². The molecule has 0 aliphatic heterocycles. The van der Waals surface area contributed by atoms with Crippen molar-refractivity contribution < 1.29 is 27.8 Å². The van der Waals surface area contributed by atoms with Gasteiger partial charge in [0, 0.05) is 0 Å². The number of aromatic carboxylic acids is 1. The summed E-state index contributed by atoms with van der Waals surface area (Å²) in [5.41, 5.74) is -0.861. The maximum Gasteiger partial charge on any atom is 0.335 e. The highest BCUT2D eigenvalue weighted by atomic mass is 35.5. The Morgan fingerprint density at radius 3 is 2.57 bits per heavy atom. The van der Waals surface area contributed by atoms with Crippen LogP contribution in [0.5, 0.6) is 11.5 Å². The van der Waals surface area contributed by atoms with Crippen LogP contribution in [0.1, 0.15) is 22.3 Å². The normalized spacial score (nSPS) is 10.7. The Kier molecular flexibility index (Phi) is 4.37. The number of carbonyl (C=O) groups is 1. The molecule has 0 aromatic heterocycles. The van der Waals surface area contributed by atoms with Crippen molar-refractivity contribution in [3.63, 3.8) is 0 Å². The van der Waals surface area contributed by atoms with Crippen molar-refractivity contribution in [1.29, 1.82) is 0 Å². The lowest BCUT2D eigenvalue weighted by molar-refractivity contribution is 0.0696. The summed E-state index contributed by atoms with van der Waals surface area (Å²) in [5, 5.41) is 8.26. The first-order valence-corrected chi connectivity index (χ1v) is 6.05. The molecule has 0 amide bonds. The number of carboxylic acid groups (broad SMARTS) is 1. The van der Waals surface area contributed by atoms with Crippen LogP contribution in [-0.2, 0) is 0 Å². The summed E-state index contributed by atoms with van der Waals surface area (Å²) in [6, 6.07) is 7.37. The highest BCUT2D eigenvalue weighted by Gasteiger charge is 2.19. The van der Waals surface area contributed by atoms with E-state index in [0.29, 0.717) is 0 Å². The van der Waals surface area contributed by atoms with E-state index in [1.165, 1.54) is 24.3 Å². The van der Waals surface area contributed by atoms with Gasteiger partial charge in [0.1, 0.15) is 16.5 Å². The molecule has 0 heterocycles. The third-order valence-corrected chi connectivity index (χ3v) is 2.97. The molecule has 2 aromatic rings. The highest BCUT2D eigenvalue weighted by molar-refractivity contribution is 6.32. The molecule has 2 rings (SSSR count). The molecule has 2 aromatic carbocycles. The maximum absolute atomic E-state index is 13.6. The summed E-state index contributed by atoms with van der Waals surface area (Å²) in [4.78, 5) is 10.8. The average Bonchev–Trinajstić information content (AvgIpc) is 2.44. The first-order valence-electron chi connectivity index (χ1n) is 5.67. The highest BCUT2D eigenvalue weighted by Crippen LogP contribution is 2.36. The van der Waals surface area contributed by atoms with Crippen LogP contribution in [0.3, 0.4) is 0 Å². The largest absolute Gasteiger partial charge is 0.478 e. The van der Waals surface area contributed by atoms with E-state index < -0.39 is 28.8 Å². The van der Waals surface area contributed by atoms with Gasteiger partial charge in [0.2, 0.25) is 0 Å². The molecule has 0 unspecified atom stereocenters. The Labute approximate surface area is 122 Å². The first kappa shape index (κ1) is 15.2. The van der Waals surface area contributed by atoms with Crippen LogP contribution >= 0.6 is 11.6 Å². The van der Waals surface area contributed by atoms with Crippen LogP contribution < -0.4 is 4.74 Å². The van der Waals surface area contributed by atoms with E-state index in [9.17, 15) is 18.0 Å². The van der Waals surface area contributed by atoms with Crippen molar-refractivity contribution >= 4 is 17.6 Å². The van der Waals surface area contributed by atoms with Crippen molar-refractivity contribution in [2.24, 2.45) is 0 Å². The molecule has 0 atom stereocenters. The quantitative estimate of drug-likeness (QED) is 0.872. The number of ether oxygens (including phenoxy) is 1. The number of rotatable bonds is 4. The third kappa shape index (κ3) is 3.28. The standard InChI is InChI=1S/C14H8ClF3O3/c15-11-10(5-4-9(12(11)16)13(17)18)21-8-3-1-2-7(6-8)14(19)20/h1-6,13H,(H,19,20). The zero-order chi connectivity index (χ0) is 15.6. The second-order valence-electron chi connectivity index (χ2n) is 4.02. The number of carboxylic acids is 1. The molecule has 0 aliphatic rings. The van der Waals surface area contributed by atoms with E-state index in [1.807, 2.05) is 0 Å². The number of benzene rings is 2. The predicted octanol–water partition coefficient (Wildman–Crippen LogP) is 4.91. The van der Waals surface area contributed by atoms with E-state index in [2.05, 4.69) is 0 Å². The molecular formula is C14H8ClF3O3. The summed E-state index contributed by atoms with van der Waals surface area (Å²) in [6.07, 6.45) is -2.99. The number of hydrogen-bond acceptors (Lipinski definition) is 2. The topological polar surface area (TPSA) is 46.5 Å². The smallest absolute Gasteiger partial charge is 0.335 e. The summed E-state index contributed by atoms with van der Waals surface area (Å²) >= 11 is 5.65. The van der Waals surface area contributed by atoms with Crippen molar-refractivity contribution in [3.05, 3.63) is 58.4 Å². The van der Waals surface area contributed by atoms with Gasteiger partial charge in [0.05, 0.1) is 11.1 Å². The molecule has 3 nitrogen and oxygen atoms in total. The first-order chi connectivity index (χ1) is 9.90. The molecule has 0 saturated heterocycles. The van der Waals surface area contributed by atoms with Gasteiger partial charge in [-0.1, -0.05) is 17.7 Å². The minimum absolute atomic E-state index is 0.0340. The summed E-state index contributed by atoms with van der Waals surface area (Å²) in [5.74, 6) is -2.51. The van der Waals surface area contributed by atoms with Gasteiger partial charge in [-0.05, 0) is 30.3 Å². The van der Waals surface area contributed by atoms with Crippen LogP contribution in [0.4, 0.5) is 13.2 Å². The second kappa shape index (κ2) is 6.05. The van der Waals surface area contributed by atoms with Gasteiger partial charge in [0.15, 0.2) is 5.82 Å². The van der Waals surface area contributed by atoms with Crippen molar-refractivity contribution in [2.45, 2.75) is 6.43 Å². The van der Waals surface area contributed by atoms with E-state index in [4.69, 9.17) is 21.4 Å². The zero-order valence-electron chi connectivity index (χ0n) is 10.3. The predicted molar refractivity (Wildman–Crippen MR) is 69.8 cm³/mol. The molecule has 0 bridgehead atoms. The van der Waals surface area contributed by atoms with Crippen LogP contribution in [0.25, 0.3) is 0 Å². The summed E-state index contributed by atoms with van der Waals surface area (Å²) < 4.78 is 43.9. The Morgan fingerprint density at radius 2 is 1.95 bits per heavy atom. The molecule has 110 valence electrons. The lowest BCUT2D eigenvalue weighted by Gasteiger charge is -2.11. The van der Waals surface area contributed by atoms with Crippen molar-refractivity contribution in [1.82, 2.24) is 0 Å². The molecule has 1 N–H and O–H groups in total. The van der Waals surface area contributed by atoms with Gasteiger partial charge < -0.3 is 9.84 Å². The van der Waals surface area contributed by atoms with Gasteiger partial charge in [0.25, 0.3) is 6.43 Å². The molecule has 0 radical (unpaired) electrons. The number of hydrogen-bond donors (Lipinski definition) is 1. The molecule has 0 fully saturated rings. The minimum Gasteiger partial charge on any atom is -0.478 e. The zero-order valence-corrected chi connectivity index (χ0v) is 11.1. The third-order valence-electron chi connectivity index (χ3n) is 2.62. The van der Waals surface area contributed by atoms with Crippen molar-refractivity contribution in [2.75, 3.05) is 0 Å². The molecule has 7 heteroatoms. The maximum atomic E-state index is 13.6. The Balaban J connectivity index is 2.34.